The van der Waals surface area contributed by atoms with E-state index in [2.05, 4.69) is 16.0 Å². The van der Waals surface area contributed by atoms with Crippen molar-refractivity contribution in [1.82, 2.24) is 16.0 Å². The number of Topliss-reactive ketones (excluding diaryl/α,β-unsaturated/α-hetero) is 1. The molecule has 3 rings (SSSR count). The Morgan fingerprint density at radius 1 is 0.711 bits per heavy atom. The zero-order valence-electron chi connectivity index (χ0n) is 21.7. The molecule has 3 aromatic carbocycles. The molecule has 2 unspecified atom stereocenters. The van der Waals surface area contributed by atoms with Crippen molar-refractivity contribution in [1.29, 1.82) is 0 Å². The average molecular weight is 515 g/mol. The number of hydrogen-bond acceptors (Lipinski definition) is 5. The topological polar surface area (TPSA) is 130 Å². The standard InChI is InChI=1S/C30H34N4O4/c1-20(35)15-27(29(37)32-19-24-8-6-7-23(16-24)18-31)34-30(38)28(33-21(2)36)17-22-11-13-26(14-12-22)25-9-4-3-5-10-25/h3-14,16,27-28H,15,17-19,31H2,1-2H3,(H,32,37)(H,33,36)(H,34,38). The largest absolute Gasteiger partial charge is 0.350 e. The molecule has 0 heterocycles. The van der Waals surface area contributed by atoms with Crippen LogP contribution >= 0.6 is 0 Å². The van der Waals surface area contributed by atoms with Crippen molar-refractivity contribution in [2.75, 3.05) is 0 Å². The number of rotatable bonds is 12. The fourth-order valence-electron chi connectivity index (χ4n) is 4.10. The lowest BCUT2D eigenvalue weighted by Gasteiger charge is -2.22. The predicted octanol–water partition coefficient (Wildman–Crippen LogP) is 2.64. The van der Waals surface area contributed by atoms with E-state index in [1.54, 1.807) is 0 Å². The van der Waals surface area contributed by atoms with E-state index in [0.717, 1.165) is 27.8 Å². The monoisotopic (exact) mass is 514 g/mol. The lowest BCUT2D eigenvalue weighted by atomic mass is 10.00. The van der Waals surface area contributed by atoms with Crippen LogP contribution in [0.15, 0.2) is 78.9 Å². The number of hydrogen-bond donors (Lipinski definition) is 4. The lowest BCUT2D eigenvalue weighted by molar-refractivity contribution is -0.133. The summed E-state index contributed by atoms with van der Waals surface area (Å²) in [5.74, 6) is -1.65. The first-order valence-electron chi connectivity index (χ1n) is 12.5. The molecule has 0 spiro atoms. The fraction of sp³-hybridized carbons (Fsp3) is 0.267. The third-order valence-electron chi connectivity index (χ3n) is 6.01. The van der Waals surface area contributed by atoms with Crippen LogP contribution in [0.3, 0.4) is 0 Å². The number of amides is 3. The predicted molar refractivity (Wildman–Crippen MR) is 147 cm³/mol. The van der Waals surface area contributed by atoms with Gasteiger partial charge in [-0.1, -0.05) is 78.9 Å². The highest BCUT2D eigenvalue weighted by Gasteiger charge is 2.27. The Kier molecular flexibility index (Phi) is 10.3. The van der Waals surface area contributed by atoms with Crippen LogP contribution in [0.1, 0.15) is 37.0 Å². The molecule has 0 aliphatic rings. The van der Waals surface area contributed by atoms with Crippen LogP contribution in [0.5, 0.6) is 0 Å². The molecular formula is C30H34N4O4. The minimum absolute atomic E-state index is 0.168. The Bertz CT molecular complexity index is 1260. The molecular weight excluding hydrogens is 480 g/mol. The number of ketones is 1. The van der Waals surface area contributed by atoms with Crippen molar-refractivity contribution in [3.63, 3.8) is 0 Å². The van der Waals surface area contributed by atoms with Gasteiger partial charge in [0.05, 0.1) is 0 Å². The van der Waals surface area contributed by atoms with E-state index < -0.39 is 23.9 Å². The molecule has 0 bridgehead atoms. The van der Waals surface area contributed by atoms with Crippen molar-refractivity contribution in [3.05, 3.63) is 95.6 Å². The quantitative estimate of drug-likeness (QED) is 0.295. The second-order valence-corrected chi connectivity index (χ2v) is 9.23. The summed E-state index contributed by atoms with van der Waals surface area (Å²) in [5, 5.41) is 8.10. The molecule has 0 saturated heterocycles. The van der Waals surface area contributed by atoms with Gasteiger partial charge in [0, 0.05) is 32.9 Å². The van der Waals surface area contributed by atoms with Crippen LogP contribution in [0.2, 0.25) is 0 Å². The highest BCUT2D eigenvalue weighted by atomic mass is 16.2. The van der Waals surface area contributed by atoms with Crippen LogP contribution < -0.4 is 21.7 Å². The molecule has 0 saturated carbocycles. The molecule has 38 heavy (non-hydrogen) atoms. The smallest absolute Gasteiger partial charge is 0.243 e. The maximum absolute atomic E-state index is 13.2. The minimum atomic E-state index is -1.07. The summed E-state index contributed by atoms with van der Waals surface area (Å²) in [6, 6.07) is 23.1. The van der Waals surface area contributed by atoms with Crippen LogP contribution in [-0.4, -0.2) is 35.6 Å². The lowest BCUT2D eigenvalue weighted by Crippen LogP contribution is -2.54. The van der Waals surface area contributed by atoms with Gasteiger partial charge in [-0.15, -0.1) is 0 Å². The Hall–Kier alpha value is -4.30. The summed E-state index contributed by atoms with van der Waals surface area (Å²) < 4.78 is 0. The SMILES string of the molecule is CC(=O)CC(NC(=O)C(Cc1ccc(-c2ccccc2)cc1)NC(C)=O)C(=O)NCc1cccc(CN)c1. The minimum Gasteiger partial charge on any atom is -0.350 e. The van der Waals surface area contributed by atoms with E-state index in [1.165, 1.54) is 13.8 Å². The highest BCUT2D eigenvalue weighted by molar-refractivity contribution is 5.94. The van der Waals surface area contributed by atoms with Gasteiger partial charge in [-0.3, -0.25) is 19.2 Å². The first-order chi connectivity index (χ1) is 18.2. The molecule has 3 amide bonds. The first-order valence-corrected chi connectivity index (χ1v) is 12.5. The maximum Gasteiger partial charge on any atom is 0.243 e. The van der Waals surface area contributed by atoms with E-state index >= 15 is 0 Å². The Labute approximate surface area is 223 Å². The van der Waals surface area contributed by atoms with Gasteiger partial charge in [-0.2, -0.15) is 0 Å². The van der Waals surface area contributed by atoms with Gasteiger partial charge in [0.15, 0.2) is 0 Å². The second kappa shape index (κ2) is 13.9. The number of benzene rings is 3. The normalized spacial score (nSPS) is 12.2. The van der Waals surface area contributed by atoms with E-state index in [4.69, 9.17) is 5.73 Å². The zero-order chi connectivity index (χ0) is 27.5. The molecule has 3 aromatic rings. The molecule has 2 atom stereocenters. The number of nitrogens with two attached hydrogens (primary N) is 1. The molecule has 8 nitrogen and oxygen atoms in total. The van der Waals surface area contributed by atoms with Gasteiger partial charge in [0.25, 0.3) is 0 Å². The summed E-state index contributed by atoms with van der Waals surface area (Å²) in [5.41, 5.74) is 10.4. The summed E-state index contributed by atoms with van der Waals surface area (Å²) in [7, 11) is 0. The third kappa shape index (κ3) is 8.67. The van der Waals surface area contributed by atoms with Gasteiger partial charge >= 0.3 is 0 Å². The molecule has 0 aliphatic carbocycles. The van der Waals surface area contributed by atoms with Gasteiger partial charge in [0.1, 0.15) is 17.9 Å². The van der Waals surface area contributed by atoms with Crippen molar-refractivity contribution in [2.45, 2.75) is 51.9 Å². The summed E-state index contributed by atoms with van der Waals surface area (Å²) >= 11 is 0. The number of nitrogens with one attached hydrogen (secondary N) is 3. The summed E-state index contributed by atoms with van der Waals surface area (Å²) in [6.45, 7) is 3.29. The van der Waals surface area contributed by atoms with Gasteiger partial charge < -0.3 is 21.7 Å². The van der Waals surface area contributed by atoms with Crippen LogP contribution in [-0.2, 0) is 38.7 Å². The Balaban J connectivity index is 1.69. The molecule has 198 valence electrons. The Morgan fingerprint density at radius 3 is 2.00 bits per heavy atom. The van der Waals surface area contributed by atoms with Gasteiger partial charge in [-0.05, 0) is 34.7 Å². The van der Waals surface area contributed by atoms with E-state index in [1.807, 2.05) is 78.9 Å². The summed E-state index contributed by atoms with van der Waals surface area (Å²) in [4.78, 5) is 49.9. The molecule has 0 aliphatic heterocycles. The number of carbonyl (C=O) groups is 4. The van der Waals surface area contributed by atoms with Crippen molar-refractivity contribution in [3.8, 4) is 11.1 Å². The average Bonchev–Trinajstić information content (AvgIpc) is 2.91. The van der Waals surface area contributed by atoms with Gasteiger partial charge in [-0.25, -0.2) is 0 Å². The van der Waals surface area contributed by atoms with Crippen molar-refractivity contribution >= 4 is 23.5 Å². The molecule has 0 fully saturated rings. The molecule has 5 N–H and O–H groups in total. The Morgan fingerprint density at radius 2 is 1.37 bits per heavy atom. The number of carbonyl (C=O) groups excluding carboxylic acids is 4. The third-order valence-corrected chi connectivity index (χ3v) is 6.01. The van der Waals surface area contributed by atoms with E-state index in [-0.39, 0.29) is 31.1 Å². The molecule has 0 aromatic heterocycles. The van der Waals surface area contributed by atoms with Crippen LogP contribution in [0, 0.1) is 0 Å². The fourth-order valence-corrected chi connectivity index (χ4v) is 4.10. The van der Waals surface area contributed by atoms with Crippen molar-refractivity contribution < 1.29 is 19.2 Å². The first kappa shape index (κ1) is 28.3. The zero-order valence-corrected chi connectivity index (χ0v) is 21.7. The van der Waals surface area contributed by atoms with Crippen LogP contribution in [0.25, 0.3) is 11.1 Å². The van der Waals surface area contributed by atoms with Crippen molar-refractivity contribution in [2.24, 2.45) is 5.73 Å². The van der Waals surface area contributed by atoms with Gasteiger partial charge in [0.2, 0.25) is 17.7 Å². The van der Waals surface area contributed by atoms with Crippen LogP contribution in [0.4, 0.5) is 0 Å². The highest BCUT2D eigenvalue weighted by Crippen LogP contribution is 2.20. The molecule has 8 heteroatoms. The van der Waals surface area contributed by atoms with E-state index in [0.29, 0.717) is 6.54 Å². The van der Waals surface area contributed by atoms with E-state index in [9.17, 15) is 19.2 Å². The molecule has 0 radical (unpaired) electrons. The summed E-state index contributed by atoms with van der Waals surface area (Å²) in [6.07, 6.45) is 0.0553. The maximum atomic E-state index is 13.2. The second-order valence-electron chi connectivity index (χ2n) is 9.23.